The largest absolute Gasteiger partial charge is 0.325 e. The van der Waals surface area contributed by atoms with Gasteiger partial charge in [-0.1, -0.05) is 26.0 Å². The van der Waals surface area contributed by atoms with Gasteiger partial charge < -0.3 is 11.1 Å². The Morgan fingerprint density at radius 2 is 1.95 bits per heavy atom. The van der Waals surface area contributed by atoms with Crippen LogP contribution in [0, 0.1) is 12.8 Å². The Hall–Kier alpha value is -1.43. The van der Waals surface area contributed by atoms with Crippen molar-refractivity contribution in [1.82, 2.24) is 4.98 Å². The second kappa shape index (κ2) is 8.27. The fourth-order valence-corrected chi connectivity index (χ4v) is 2.69. The molecule has 1 aromatic carbocycles. The normalized spacial score (nSPS) is 11.9. The lowest BCUT2D eigenvalue weighted by Crippen LogP contribution is -2.36. The van der Waals surface area contributed by atoms with Crippen LogP contribution in [0.2, 0.25) is 0 Å². The smallest absolute Gasteiger partial charge is 0.241 e. The molecule has 1 heterocycles. The van der Waals surface area contributed by atoms with E-state index in [0.717, 1.165) is 22.0 Å². The lowest BCUT2D eigenvalue weighted by molar-refractivity contribution is -0.117. The number of thiazole rings is 1. The molecule has 120 valence electrons. The minimum absolute atomic E-state index is 0. The Labute approximate surface area is 141 Å². The highest BCUT2D eigenvalue weighted by molar-refractivity contribution is 7.09. The number of hydrogen-bond acceptors (Lipinski definition) is 4. The number of aryl methyl sites for hydroxylation is 1. The maximum absolute atomic E-state index is 12.0. The lowest BCUT2D eigenvalue weighted by Gasteiger charge is -2.14. The number of halogens is 1. The number of aromatic nitrogens is 1. The summed E-state index contributed by atoms with van der Waals surface area (Å²) in [5.74, 6) is 0.266. The van der Waals surface area contributed by atoms with Gasteiger partial charge in [0.15, 0.2) is 0 Å². The predicted molar refractivity (Wildman–Crippen MR) is 95.6 cm³/mol. The zero-order chi connectivity index (χ0) is 15.4. The summed E-state index contributed by atoms with van der Waals surface area (Å²) in [6, 6.07) is 7.20. The number of carbonyl (C=O) groups excluding carboxylic acids is 1. The summed E-state index contributed by atoms with van der Waals surface area (Å²) in [5, 5.41) is 5.92. The second-order valence-electron chi connectivity index (χ2n) is 5.55. The van der Waals surface area contributed by atoms with Gasteiger partial charge in [0.1, 0.15) is 0 Å². The molecule has 0 spiro atoms. The Balaban J connectivity index is 0.00000242. The van der Waals surface area contributed by atoms with E-state index in [2.05, 4.69) is 24.1 Å². The van der Waals surface area contributed by atoms with Crippen LogP contribution in [0.4, 0.5) is 5.69 Å². The molecule has 0 aliphatic carbocycles. The molecule has 6 heteroatoms. The maximum atomic E-state index is 12.0. The average Bonchev–Trinajstić information content (AvgIpc) is 2.85. The van der Waals surface area contributed by atoms with Crippen LogP contribution in [0.5, 0.6) is 0 Å². The third-order valence-corrected chi connectivity index (χ3v) is 3.90. The molecule has 0 saturated carbocycles. The van der Waals surface area contributed by atoms with Gasteiger partial charge in [-0.25, -0.2) is 4.98 Å². The number of carbonyl (C=O) groups is 1. The summed E-state index contributed by atoms with van der Waals surface area (Å²) in [6.45, 7) is 6.09. The van der Waals surface area contributed by atoms with Crippen LogP contribution in [0.3, 0.4) is 0 Å². The first-order valence-corrected chi connectivity index (χ1v) is 7.92. The van der Waals surface area contributed by atoms with Crippen LogP contribution in [-0.2, 0) is 4.79 Å². The van der Waals surface area contributed by atoms with Gasteiger partial charge >= 0.3 is 0 Å². The second-order valence-corrected chi connectivity index (χ2v) is 6.62. The first-order valence-electron chi connectivity index (χ1n) is 7.04. The molecule has 2 rings (SSSR count). The number of rotatable bonds is 5. The van der Waals surface area contributed by atoms with E-state index in [9.17, 15) is 4.79 Å². The molecular weight excluding hydrogens is 318 g/mol. The summed E-state index contributed by atoms with van der Waals surface area (Å²) in [6.07, 6.45) is 0.683. The van der Waals surface area contributed by atoms with Crippen LogP contribution in [0.25, 0.3) is 11.3 Å². The summed E-state index contributed by atoms with van der Waals surface area (Å²) in [7, 11) is 0. The van der Waals surface area contributed by atoms with E-state index < -0.39 is 6.04 Å². The Bertz CT molecular complexity index is 610. The summed E-state index contributed by atoms with van der Waals surface area (Å²) in [4.78, 5) is 16.4. The zero-order valence-electron chi connectivity index (χ0n) is 13.0. The summed E-state index contributed by atoms with van der Waals surface area (Å²) in [5.41, 5.74) is 8.64. The van der Waals surface area contributed by atoms with Crippen LogP contribution in [0.15, 0.2) is 29.6 Å². The van der Waals surface area contributed by atoms with E-state index in [1.165, 1.54) is 0 Å². The molecule has 4 nitrogen and oxygen atoms in total. The summed E-state index contributed by atoms with van der Waals surface area (Å²) < 4.78 is 0. The van der Waals surface area contributed by atoms with Crippen molar-refractivity contribution in [3.8, 4) is 11.3 Å². The molecule has 1 aromatic heterocycles. The first-order chi connectivity index (χ1) is 9.95. The number of benzene rings is 1. The summed E-state index contributed by atoms with van der Waals surface area (Å²) >= 11 is 1.63. The van der Waals surface area contributed by atoms with Gasteiger partial charge in [-0.3, -0.25) is 4.79 Å². The van der Waals surface area contributed by atoms with Crippen molar-refractivity contribution in [1.29, 1.82) is 0 Å². The molecule has 0 saturated heterocycles. The fraction of sp³-hybridized carbons (Fsp3) is 0.375. The van der Waals surface area contributed by atoms with Crippen molar-refractivity contribution in [2.75, 3.05) is 5.32 Å². The maximum Gasteiger partial charge on any atom is 0.241 e. The molecule has 0 unspecified atom stereocenters. The highest BCUT2D eigenvalue weighted by Crippen LogP contribution is 2.23. The topological polar surface area (TPSA) is 68.0 Å². The average molecular weight is 340 g/mol. The molecule has 0 bridgehead atoms. The van der Waals surface area contributed by atoms with E-state index in [1.807, 2.05) is 36.6 Å². The zero-order valence-corrected chi connectivity index (χ0v) is 14.6. The van der Waals surface area contributed by atoms with Gasteiger partial charge in [-0.05, 0) is 31.4 Å². The molecule has 2 aromatic rings. The SMILES string of the molecule is Cc1nc(-c2ccc(NC(=O)[C@@H](N)CC(C)C)cc2)cs1.Cl. The molecule has 0 aliphatic heterocycles. The molecule has 3 N–H and O–H groups in total. The molecule has 0 radical (unpaired) electrons. The van der Waals surface area contributed by atoms with Crippen molar-refractivity contribution < 1.29 is 4.79 Å². The van der Waals surface area contributed by atoms with Gasteiger partial charge in [-0.15, -0.1) is 23.7 Å². The minimum Gasteiger partial charge on any atom is -0.325 e. The Kier molecular flexibility index (Phi) is 7.00. The Morgan fingerprint density at radius 1 is 1.32 bits per heavy atom. The molecule has 1 atom stereocenters. The molecule has 0 fully saturated rings. The lowest BCUT2D eigenvalue weighted by atomic mass is 10.0. The van der Waals surface area contributed by atoms with Crippen molar-refractivity contribution in [2.24, 2.45) is 11.7 Å². The highest BCUT2D eigenvalue weighted by atomic mass is 35.5. The van der Waals surface area contributed by atoms with E-state index in [1.54, 1.807) is 11.3 Å². The van der Waals surface area contributed by atoms with Gasteiger partial charge in [0.25, 0.3) is 0 Å². The molecule has 0 aliphatic rings. The van der Waals surface area contributed by atoms with E-state index in [-0.39, 0.29) is 18.3 Å². The molecule has 22 heavy (non-hydrogen) atoms. The van der Waals surface area contributed by atoms with Gasteiger partial charge in [0, 0.05) is 16.6 Å². The van der Waals surface area contributed by atoms with Crippen LogP contribution >= 0.6 is 23.7 Å². The number of nitrogens with two attached hydrogens (primary N) is 1. The number of hydrogen-bond donors (Lipinski definition) is 2. The fourth-order valence-electron chi connectivity index (χ4n) is 2.07. The van der Waals surface area contributed by atoms with Crippen molar-refractivity contribution in [3.05, 3.63) is 34.7 Å². The standard InChI is InChI=1S/C16H21N3OS.ClH/c1-10(2)8-14(17)16(20)19-13-6-4-12(5-7-13)15-9-21-11(3)18-15;/h4-7,9-10,14H,8,17H2,1-3H3,(H,19,20);1H/t14-;/m0./s1. The first kappa shape index (κ1) is 18.6. The van der Waals surface area contributed by atoms with Crippen molar-refractivity contribution in [2.45, 2.75) is 33.2 Å². The van der Waals surface area contributed by atoms with Crippen molar-refractivity contribution in [3.63, 3.8) is 0 Å². The van der Waals surface area contributed by atoms with E-state index in [0.29, 0.717) is 12.3 Å². The number of nitrogens with one attached hydrogen (secondary N) is 1. The van der Waals surface area contributed by atoms with Crippen LogP contribution < -0.4 is 11.1 Å². The minimum atomic E-state index is -0.467. The van der Waals surface area contributed by atoms with Gasteiger partial charge in [-0.2, -0.15) is 0 Å². The molecule has 1 amide bonds. The quantitative estimate of drug-likeness (QED) is 0.869. The van der Waals surface area contributed by atoms with Gasteiger partial charge in [0.2, 0.25) is 5.91 Å². The highest BCUT2D eigenvalue weighted by Gasteiger charge is 2.15. The number of anilines is 1. The van der Waals surface area contributed by atoms with E-state index in [4.69, 9.17) is 5.73 Å². The van der Waals surface area contributed by atoms with Gasteiger partial charge in [0.05, 0.1) is 16.7 Å². The molecular formula is C16H22ClN3OS. The van der Waals surface area contributed by atoms with Crippen LogP contribution in [0.1, 0.15) is 25.3 Å². The third-order valence-electron chi connectivity index (χ3n) is 3.13. The van der Waals surface area contributed by atoms with Crippen LogP contribution in [-0.4, -0.2) is 16.9 Å². The predicted octanol–water partition coefficient (Wildman–Crippen LogP) is 3.85. The third kappa shape index (κ3) is 5.09. The number of amides is 1. The monoisotopic (exact) mass is 339 g/mol. The van der Waals surface area contributed by atoms with E-state index >= 15 is 0 Å². The Morgan fingerprint density at radius 3 is 2.45 bits per heavy atom. The van der Waals surface area contributed by atoms with Crippen molar-refractivity contribution >= 4 is 35.3 Å². The number of nitrogens with zero attached hydrogens (tertiary/aromatic N) is 1.